The molecule has 0 bridgehead atoms. The van der Waals surface area contributed by atoms with E-state index in [2.05, 4.69) is 15.7 Å². The van der Waals surface area contributed by atoms with E-state index in [-0.39, 0.29) is 18.9 Å². The summed E-state index contributed by atoms with van der Waals surface area (Å²) in [6.07, 6.45) is -4.43. The Kier molecular flexibility index (Phi) is 6.84. The van der Waals surface area contributed by atoms with Crippen molar-refractivity contribution in [3.8, 4) is 11.4 Å². The highest BCUT2D eigenvalue weighted by Gasteiger charge is 2.30. The van der Waals surface area contributed by atoms with Crippen LogP contribution in [0.4, 0.5) is 18.0 Å². The van der Waals surface area contributed by atoms with E-state index in [0.29, 0.717) is 6.54 Å². The molecule has 0 fully saturated rings. The van der Waals surface area contributed by atoms with Gasteiger partial charge in [0.2, 0.25) is 0 Å². The lowest BCUT2D eigenvalue weighted by molar-refractivity contribution is -0.137. The summed E-state index contributed by atoms with van der Waals surface area (Å²) in [5.41, 5.74) is 2.81. The van der Waals surface area contributed by atoms with Crippen molar-refractivity contribution in [1.29, 1.82) is 0 Å². The summed E-state index contributed by atoms with van der Waals surface area (Å²) < 4.78 is 45.3. The fourth-order valence-electron chi connectivity index (χ4n) is 3.08. The van der Waals surface area contributed by atoms with Crippen LogP contribution in [0.3, 0.4) is 0 Å². The highest BCUT2D eigenvalue weighted by Crippen LogP contribution is 2.31. The van der Waals surface area contributed by atoms with Crippen LogP contribution >= 0.6 is 0 Å². The fourth-order valence-corrected chi connectivity index (χ4v) is 3.08. The number of nitrogens with zero attached hydrogens (tertiary/aromatic N) is 2. The predicted molar refractivity (Wildman–Crippen MR) is 110 cm³/mol. The molecule has 1 aromatic heterocycles. The van der Waals surface area contributed by atoms with Crippen molar-refractivity contribution in [3.05, 3.63) is 77.1 Å². The Labute approximate surface area is 178 Å². The summed E-state index contributed by atoms with van der Waals surface area (Å²) in [5, 5.41) is 9.92. The first-order valence-electron chi connectivity index (χ1n) is 9.68. The molecule has 0 radical (unpaired) electrons. The van der Waals surface area contributed by atoms with E-state index < -0.39 is 17.8 Å². The van der Waals surface area contributed by atoms with Crippen LogP contribution in [0.5, 0.6) is 5.75 Å². The van der Waals surface area contributed by atoms with Crippen molar-refractivity contribution >= 4 is 6.03 Å². The monoisotopic (exact) mass is 432 g/mol. The average Bonchev–Trinajstić information content (AvgIpc) is 3.03. The first-order valence-corrected chi connectivity index (χ1v) is 9.68. The maximum Gasteiger partial charge on any atom is 0.416 e. The molecule has 0 spiro atoms. The molecule has 2 N–H and O–H groups in total. The molecule has 3 rings (SSSR count). The Morgan fingerprint density at radius 3 is 2.52 bits per heavy atom. The molecular formula is C22H23F3N4O2. The van der Waals surface area contributed by atoms with Gasteiger partial charge in [-0.05, 0) is 44.2 Å². The molecular weight excluding hydrogens is 409 g/mol. The van der Waals surface area contributed by atoms with Crippen LogP contribution in [0.15, 0.2) is 54.6 Å². The minimum Gasteiger partial charge on any atom is -0.492 e. The van der Waals surface area contributed by atoms with Crippen LogP contribution in [0, 0.1) is 13.8 Å². The molecule has 1 heterocycles. The lowest BCUT2D eigenvalue weighted by Crippen LogP contribution is -2.37. The van der Waals surface area contributed by atoms with Gasteiger partial charge in [0.05, 0.1) is 23.5 Å². The number of nitrogens with one attached hydrogen (secondary N) is 2. The van der Waals surface area contributed by atoms with E-state index in [9.17, 15) is 18.0 Å². The molecule has 0 atom stereocenters. The zero-order chi connectivity index (χ0) is 22.4. The van der Waals surface area contributed by atoms with Crippen molar-refractivity contribution in [3.63, 3.8) is 0 Å². The first kappa shape index (κ1) is 22.2. The molecule has 0 aliphatic carbocycles. The number of carbonyl (C=O) groups is 1. The van der Waals surface area contributed by atoms with E-state index in [1.165, 1.54) is 12.1 Å². The molecule has 2 amide bonds. The highest BCUT2D eigenvalue weighted by molar-refractivity contribution is 5.73. The molecule has 0 saturated carbocycles. The van der Waals surface area contributed by atoms with E-state index in [4.69, 9.17) is 4.74 Å². The minimum absolute atomic E-state index is 0.0404. The first-order chi connectivity index (χ1) is 14.8. The van der Waals surface area contributed by atoms with Crippen LogP contribution in [0.1, 0.15) is 22.5 Å². The van der Waals surface area contributed by atoms with Crippen LogP contribution < -0.4 is 15.4 Å². The second-order valence-corrected chi connectivity index (χ2v) is 6.88. The minimum atomic E-state index is -4.43. The number of benzene rings is 2. The quantitative estimate of drug-likeness (QED) is 0.545. The molecule has 0 aliphatic heterocycles. The van der Waals surface area contributed by atoms with Crippen LogP contribution in [0.2, 0.25) is 0 Å². The van der Waals surface area contributed by atoms with E-state index in [0.717, 1.165) is 34.8 Å². The molecule has 0 saturated heterocycles. The fraction of sp³-hybridized carbons (Fsp3) is 0.273. The number of halogens is 3. The lowest BCUT2D eigenvalue weighted by Gasteiger charge is -2.11. The maximum absolute atomic E-state index is 12.7. The number of rotatable bonds is 7. The van der Waals surface area contributed by atoms with Crippen LogP contribution in [-0.2, 0) is 12.7 Å². The van der Waals surface area contributed by atoms with Gasteiger partial charge in [0.25, 0.3) is 0 Å². The van der Waals surface area contributed by atoms with Gasteiger partial charge in [-0.2, -0.15) is 18.3 Å². The summed E-state index contributed by atoms with van der Waals surface area (Å²) >= 11 is 0. The predicted octanol–water partition coefficient (Wildman–Crippen LogP) is 4.39. The molecule has 164 valence electrons. The van der Waals surface area contributed by atoms with Crippen molar-refractivity contribution in [1.82, 2.24) is 20.4 Å². The molecule has 0 unspecified atom stereocenters. The lowest BCUT2D eigenvalue weighted by atomic mass is 10.2. The van der Waals surface area contributed by atoms with E-state index >= 15 is 0 Å². The Balaban J connectivity index is 1.47. The number of hydrogen-bond donors (Lipinski definition) is 2. The van der Waals surface area contributed by atoms with Crippen molar-refractivity contribution in [2.24, 2.45) is 0 Å². The zero-order valence-corrected chi connectivity index (χ0v) is 17.2. The average molecular weight is 432 g/mol. The number of ether oxygens (including phenoxy) is 1. The topological polar surface area (TPSA) is 68.2 Å². The number of aryl methyl sites for hydroxylation is 1. The molecule has 2 aromatic carbocycles. The van der Waals surface area contributed by atoms with Gasteiger partial charge < -0.3 is 15.4 Å². The number of para-hydroxylation sites is 1. The third-order valence-electron chi connectivity index (χ3n) is 4.69. The number of urea groups is 1. The Bertz CT molecular complexity index is 1030. The van der Waals surface area contributed by atoms with Crippen LogP contribution in [0.25, 0.3) is 5.69 Å². The van der Waals surface area contributed by atoms with Gasteiger partial charge in [0.1, 0.15) is 12.4 Å². The zero-order valence-electron chi connectivity index (χ0n) is 17.2. The summed E-state index contributed by atoms with van der Waals surface area (Å²) in [4.78, 5) is 12.1. The van der Waals surface area contributed by atoms with Gasteiger partial charge in [0, 0.05) is 17.8 Å². The van der Waals surface area contributed by atoms with Gasteiger partial charge in [-0.3, -0.25) is 0 Å². The van der Waals surface area contributed by atoms with Gasteiger partial charge in [-0.15, -0.1) is 0 Å². The number of amides is 2. The van der Waals surface area contributed by atoms with E-state index in [1.54, 1.807) is 0 Å². The number of aromatic nitrogens is 2. The molecule has 6 nitrogen and oxygen atoms in total. The number of alkyl halides is 3. The van der Waals surface area contributed by atoms with Gasteiger partial charge >= 0.3 is 12.2 Å². The smallest absolute Gasteiger partial charge is 0.416 e. The van der Waals surface area contributed by atoms with E-state index in [1.807, 2.05) is 48.9 Å². The highest BCUT2D eigenvalue weighted by atomic mass is 19.4. The normalized spacial score (nSPS) is 11.3. The molecule has 0 aliphatic rings. The maximum atomic E-state index is 12.7. The van der Waals surface area contributed by atoms with Gasteiger partial charge in [-0.25, -0.2) is 9.48 Å². The Hall–Kier alpha value is -3.49. The SMILES string of the molecule is Cc1nn(-c2ccccc2)c(C)c1CNC(=O)NCCOc1cccc(C(F)(F)F)c1. The summed E-state index contributed by atoms with van der Waals surface area (Å²) in [6.45, 7) is 4.29. The summed E-state index contributed by atoms with van der Waals surface area (Å²) in [5.74, 6) is 0.0941. The standard InChI is InChI=1S/C22H23F3N4O2/c1-15-20(16(2)29(28-15)18-8-4-3-5-9-18)14-27-21(30)26-11-12-31-19-10-6-7-17(13-19)22(23,24)25/h3-10,13H,11-12,14H2,1-2H3,(H2,26,27,30). The van der Waals surface area contributed by atoms with Crippen molar-refractivity contribution < 1.29 is 22.7 Å². The summed E-state index contributed by atoms with van der Waals surface area (Å²) in [6, 6.07) is 13.9. The Morgan fingerprint density at radius 1 is 1.06 bits per heavy atom. The second kappa shape index (κ2) is 9.55. The van der Waals surface area contributed by atoms with Crippen molar-refractivity contribution in [2.45, 2.75) is 26.6 Å². The molecule has 9 heteroatoms. The van der Waals surface area contributed by atoms with Crippen molar-refractivity contribution in [2.75, 3.05) is 13.2 Å². The van der Waals surface area contributed by atoms with Crippen LogP contribution in [-0.4, -0.2) is 29.0 Å². The third kappa shape index (κ3) is 5.78. The summed E-state index contributed by atoms with van der Waals surface area (Å²) in [7, 11) is 0. The molecule has 3 aromatic rings. The van der Waals surface area contributed by atoms with Gasteiger partial charge in [0.15, 0.2) is 0 Å². The Morgan fingerprint density at radius 2 is 1.81 bits per heavy atom. The number of hydrogen-bond acceptors (Lipinski definition) is 3. The number of carbonyl (C=O) groups excluding carboxylic acids is 1. The van der Waals surface area contributed by atoms with Gasteiger partial charge in [-0.1, -0.05) is 24.3 Å². The largest absolute Gasteiger partial charge is 0.492 e. The molecule has 31 heavy (non-hydrogen) atoms. The second-order valence-electron chi connectivity index (χ2n) is 6.88. The third-order valence-corrected chi connectivity index (χ3v) is 4.69.